The maximum atomic E-state index is 11.4. The summed E-state index contributed by atoms with van der Waals surface area (Å²) in [5.41, 5.74) is 0. The van der Waals surface area contributed by atoms with Crippen molar-refractivity contribution in [2.75, 3.05) is 27.2 Å². The number of aryl methyl sites for hydroxylation is 1. The molecule has 94 valence electrons. The maximum Gasteiger partial charge on any atom is 0.244 e. The molecule has 0 aliphatic heterocycles. The molecule has 0 fully saturated rings. The lowest BCUT2D eigenvalue weighted by Crippen LogP contribution is -2.25. The minimum Gasteiger partial charge on any atom is -0.462 e. The fourth-order valence-corrected chi connectivity index (χ4v) is 1.37. The van der Waals surface area contributed by atoms with Gasteiger partial charge >= 0.3 is 0 Å². The molecule has 0 radical (unpaired) electrons. The lowest BCUT2D eigenvalue weighted by atomic mass is 10.3. The summed E-state index contributed by atoms with van der Waals surface area (Å²) < 4.78 is 5.32. The summed E-state index contributed by atoms with van der Waals surface area (Å²) in [5.74, 6) is 1.46. The van der Waals surface area contributed by atoms with Gasteiger partial charge in [-0.25, -0.2) is 0 Å². The average Bonchev–Trinajstić information content (AvgIpc) is 2.67. The highest BCUT2D eigenvalue weighted by atomic mass is 16.3. The van der Waals surface area contributed by atoms with Crippen LogP contribution in [0.1, 0.15) is 17.9 Å². The molecule has 0 aromatic carbocycles. The Morgan fingerprint density at radius 1 is 1.47 bits per heavy atom. The summed E-state index contributed by atoms with van der Waals surface area (Å²) in [6.07, 6.45) is 4.12. The van der Waals surface area contributed by atoms with E-state index < -0.39 is 0 Å². The van der Waals surface area contributed by atoms with E-state index in [0.29, 0.717) is 12.3 Å². The van der Waals surface area contributed by atoms with Crippen molar-refractivity contribution in [2.45, 2.75) is 13.3 Å². The average molecular weight is 236 g/mol. The van der Waals surface area contributed by atoms with Crippen LogP contribution in [-0.2, 0) is 4.79 Å². The molecule has 0 bridgehead atoms. The second-order valence-corrected chi connectivity index (χ2v) is 4.23. The van der Waals surface area contributed by atoms with Crippen molar-refractivity contribution in [1.29, 1.82) is 0 Å². The zero-order chi connectivity index (χ0) is 12.7. The van der Waals surface area contributed by atoms with Gasteiger partial charge < -0.3 is 14.6 Å². The Hall–Kier alpha value is -1.55. The Morgan fingerprint density at radius 3 is 2.82 bits per heavy atom. The quantitative estimate of drug-likeness (QED) is 0.603. The van der Waals surface area contributed by atoms with E-state index in [1.54, 1.807) is 6.08 Å². The molecule has 17 heavy (non-hydrogen) atoms. The van der Waals surface area contributed by atoms with Crippen LogP contribution in [0.3, 0.4) is 0 Å². The number of carbonyl (C=O) groups excluding carboxylic acids is 1. The number of hydrogen-bond acceptors (Lipinski definition) is 3. The van der Waals surface area contributed by atoms with Gasteiger partial charge in [-0.15, -0.1) is 0 Å². The molecule has 1 rings (SSSR count). The van der Waals surface area contributed by atoms with Gasteiger partial charge in [-0.1, -0.05) is 0 Å². The molecule has 0 aliphatic carbocycles. The van der Waals surface area contributed by atoms with Crippen LogP contribution in [0.25, 0.3) is 6.08 Å². The van der Waals surface area contributed by atoms with E-state index in [4.69, 9.17) is 4.42 Å². The third kappa shape index (κ3) is 5.92. The molecule has 0 aliphatic rings. The van der Waals surface area contributed by atoms with E-state index >= 15 is 0 Å². The van der Waals surface area contributed by atoms with Gasteiger partial charge in [0, 0.05) is 12.6 Å². The van der Waals surface area contributed by atoms with Gasteiger partial charge in [0.1, 0.15) is 11.5 Å². The molecule has 4 heteroatoms. The van der Waals surface area contributed by atoms with Crippen molar-refractivity contribution < 1.29 is 9.21 Å². The first-order valence-corrected chi connectivity index (χ1v) is 5.75. The fraction of sp³-hybridized carbons (Fsp3) is 0.462. The van der Waals surface area contributed by atoms with Gasteiger partial charge in [-0.2, -0.15) is 0 Å². The molecule has 1 aromatic rings. The minimum absolute atomic E-state index is 0.0854. The predicted molar refractivity (Wildman–Crippen MR) is 68.7 cm³/mol. The van der Waals surface area contributed by atoms with E-state index in [0.717, 1.165) is 18.7 Å². The van der Waals surface area contributed by atoms with Crippen LogP contribution in [0.2, 0.25) is 0 Å². The van der Waals surface area contributed by atoms with E-state index in [1.165, 1.54) is 6.08 Å². The van der Waals surface area contributed by atoms with E-state index in [1.807, 2.05) is 33.2 Å². The number of nitrogens with zero attached hydrogens (tertiary/aromatic N) is 1. The number of furan rings is 1. The highest BCUT2D eigenvalue weighted by Crippen LogP contribution is 2.07. The Labute approximate surface area is 102 Å². The molecule has 0 saturated carbocycles. The minimum atomic E-state index is -0.0854. The van der Waals surface area contributed by atoms with Gasteiger partial charge in [0.25, 0.3) is 0 Å². The molecule has 4 nitrogen and oxygen atoms in total. The van der Waals surface area contributed by atoms with Gasteiger partial charge in [0.05, 0.1) is 0 Å². The number of amides is 1. The van der Waals surface area contributed by atoms with Crippen LogP contribution in [0, 0.1) is 6.92 Å². The molecule has 0 atom stereocenters. The molecular formula is C13H20N2O2. The van der Waals surface area contributed by atoms with E-state index in [-0.39, 0.29) is 5.91 Å². The monoisotopic (exact) mass is 236 g/mol. The van der Waals surface area contributed by atoms with Gasteiger partial charge in [0.15, 0.2) is 0 Å². The molecule has 0 spiro atoms. The Bertz CT molecular complexity index is 381. The second kappa shape index (κ2) is 6.91. The zero-order valence-corrected chi connectivity index (χ0v) is 10.7. The molecule has 0 saturated heterocycles. The van der Waals surface area contributed by atoms with Crippen molar-refractivity contribution in [1.82, 2.24) is 10.2 Å². The van der Waals surface area contributed by atoms with Crippen molar-refractivity contribution >= 4 is 12.0 Å². The third-order valence-electron chi connectivity index (χ3n) is 2.24. The largest absolute Gasteiger partial charge is 0.462 e. The summed E-state index contributed by atoms with van der Waals surface area (Å²) >= 11 is 0. The van der Waals surface area contributed by atoms with Crippen molar-refractivity contribution in [3.63, 3.8) is 0 Å². The SMILES string of the molecule is Cc1ccc(/C=C/C(=O)NCCCN(C)C)o1. The van der Waals surface area contributed by atoms with Gasteiger partial charge in [-0.3, -0.25) is 4.79 Å². The van der Waals surface area contributed by atoms with Crippen molar-refractivity contribution in [3.05, 3.63) is 29.7 Å². The molecule has 1 heterocycles. The Morgan fingerprint density at radius 2 is 2.24 bits per heavy atom. The van der Waals surface area contributed by atoms with Crippen LogP contribution in [-0.4, -0.2) is 38.0 Å². The maximum absolute atomic E-state index is 11.4. The molecule has 1 N–H and O–H groups in total. The first kappa shape index (κ1) is 13.5. The van der Waals surface area contributed by atoms with Crippen LogP contribution in [0.15, 0.2) is 22.6 Å². The topological polar surface area (TPSA) is 45.5 Å². The number of rotatable bonds is 6. The summed E-state index contributed by atoms with van der Waals surface area (Å²) in [5, 5.41) is 2.82. The summed E-state index contributed by atoms with van der Waals surface area (Å²) in [4.78, 5) is 13.5. The molecule has 1 aromatic heterocycles. The first-order valence-electron chi connectivity index (χ1n) is 5.75. The third-order valence-corrected chi connectivity index (χ3v) is 2.24. The van der Waals surface area contributed by atoms with Crippen molar-refractivity contribution in [3.8, 4) is 0 Å². The molecule has 0 unspecified atom stereocenters. The Kier molecular flexibility index (Phi) is 5.49. The van der Waals surface area contributed by atoms with Crippen LogP contribution in [0.4, 0.5) is 0 Å². The first-order chi connectivity index (χ1) is 8.08. The second-order valence-electron chi connectivity index (χ2n) is 4.23. The lowest BCUT2D eigenvalue weighted by molar-refractivity contribution is -0.116. The van der Waals surface area contributed by atoms with Crippen LogP contribution >= 0.6 is 0 Å². The fourth-order valence-electron chi connectivity index (χ4n) is 1.37. The predicted octanol–water partition coefficient (Wildman–Crippen LogP) is 1.67. The standard InChI is InChI=1S/C13H20N2O2/c1-11-5-6-12(17-11)7-8-13(16)14-9-4-10-15(2)3/h5-8H,4,9-10H2,1-3H3,(H,14,16)/b8-7+. The van der Waals surface area contributed by atoms with Crippen LogP contribution < -0.4 is 5.32 Å². The zero-order valence-electron chi connectivity index (χ0n) is 10.7. The lowest BCUT2D eigenvalue weighted by Gasteiger charge is -2.08. The summed E-state index contributed by atoms with van der Waals surface area (Å²) in [7, 11) is 4.03. The number of carbonyl (C=O) groups is 1. The van der Waals surface area contributed by atoms with Gasteiger partial charge in [-0.05, 0) is 52.2 Å². The van der Waals surface area contributed by atoms with Crippen LogP contribution in [0.5, 0.6) is 0 Å². The highest BCUT2D eigenvalue weighted by molar-refractivity contribution is 5.91. The number of hydrogen-bond donors (Lipinski definition) is 1. The summed E-state index contributed by atoms with van der Waals surface area (Å²) in [6.45, 7) is 3.54. The number of nitrogens with one attached hydrogen (secondary N) is 1. The van der Waals surface area contributed by atoms with E-state index in [9.17, 15) is 4.79 Å². The molecular weight excluding hydrogens is 216 g/mol. The Balaban J connectivity index is 2.23. The summed E-state index contributed by atoms with van der Waals surface area (Å²) in [6, 6.07) is 3.71. The normalized spacial score (nSPS) is 11.3. The smallest absolute Gasteiger partial charge is 0.244 e. The van der Waals surface area contributed by atoms with Crippen molar-refractivity contribution in [2.24, 2.45) is 0 Å². The van der Waals surface area contributed by atoms with Gasteiger partial charge in [0.2, 0.25) is 5.91 Å². The molecule has 1 amide bonds. The highest BCUT2D eigenvalue weighted by Gasteiger charge is 1.97. The van der Waals surface area contributed by atoms with E-state index in [2.05, 4.69) is 10.2 Å².